The van der Waals surface area contributed by atoms with Crippen LogP contribution in [0, 0.1) is 0 Å². The van der Waals surface area contributed by atoms with Crippen LogP contribution in [0.25, 0.3) is 0 Å². The number of sulfone groups is 2. The lowest BCUT2D eigenvalue weighted by molar-refractivity contribution is 0.452. The predicted octanol–water partition coefficient (Wildman–Crippen LogP) is 4.00. The molecule has 0 aliphatic heterocycles. The van der Waals surface area contributed by atoms with Gasteiger partial charge in [-0.2, -0.15) is 0 Å². The van der Waals surface area contributed by atoms with E-state index < -0.39 is 24.4 Å². The zero-order valence-electron chi connectivity index (χ0n) is 14.5. The molecule has 0 aromatic heterocycles. The van der Waals surface area contributed by atoms with E-state index in [-0.39, 0.29) is 9.79 Å². The lowest BCUT2D eigenvalue weighted by atomic mass is 9.97. The molecule has 0 heterocycles. The third-order valence-corrected chi connectivity index (χ3v) is 8.06. The van der Waals surface area contributed by atoms with E-state index in [0.717, 1.165) is 31.9 Å². The van der Waals surface area contributed by atoms with Crippen LogP contribution in [0.3, 0.4) is 0 Å². The lowest BCUT2D eigenvalue weighted by Gasteiger charge is -2.29. The molecule has 0 amide bonds. The van der Waals surface area contributed by atoms with Gasteiger partial charge in [0, 0.05) is 6.26 Å². The molecule has 0 aliphatic rings. The van der Waals surface area contributed by atoms with E-state index in [9.17, 15) is 16.8 Å². The van der Waals surface area contributed by atoms with E-state index in [4.69, 9.17) is 0 Å². The molecule has 1 aromatic carbocycles. The largest absolute Gasteiger partial charge is 0.224 e. The van der Waals surface area contributed by atoms with Crippen molar-refractivity contribution in [1.29, 1.82) is 0 Å². The third-order valence-electron chi connectivity index (χ3n) is 4.33. The van der Waals surface area contributed by atoms with Gasteiger partial charge >= 0.3 is 0 Å². The number of benzene rings is 1. The minimum atomic E-state index is -3.50. The summed E-state index contributed by atoms with van der Waals surface area (Å²) in [5, 5.41) is 0. The first-order chi connectivity index (χ1) is 10.6. The van der Waals surface area contributed by atoms with Crippen molar-refractivity contribution < 1.29 is 16.8 Å². The first-order valence-electron chi connectivity index (χ1n) is 8.13. The zero-order valence-corrected chi connectivity index (χ0v) is 16.1. The van der Waals surface area contributed by atoms with E-state index in [2.05, 4.69) is 0 Å². The molecule has 0 atom stereocenters. The smallest absolute Gasteiger partial charge is 0.183 e. The lowest BCUT2D eigenvalue weighted by Crippen LogP contribution is -2.35. The fourth-order valence-electron chi connectivity index (χ4n) is 2.65. The van der Waals surface area contributed by atoms with Crippen LogP contribution >= 0.6 is 0 Å². The molecule has 0 unspecified atom stereocenters. The van der Waals surface area contributed by atoms with Crippen molar-refractivity contribution in [2.24, 2.45) is 0 Å². The highest BCUT2D eigenvalue weighted by atomic mass is 32.2. The quantitative estimate of drug-likeness (QED) is 0.667. The summed E-state index contributed by atoms with van der Waals surface area (Å²) in [6.45, 7) is 5.92. The van der Waals surface area contributed by atoms with Crippen LogP contribution < -0.4 is 0 Å². The van der Waals surface area contributed by atoms with Crippen molar-refractivity contribution in [3.05, 3.63) is 24.3 Å². The fourth-order valence-corrected chi connectivity index (χ4v) is 5.17. The Morgan fingerprint density at radius 1 is 0.826 bits per heavy atom. The average Bonchev–Trinajstić information content (AvgIpc) is 2.50. The van der Waals surface area contributed by atoms with Crippen molar-refractivity contribution in [3.8, 4) is 0 Å². The number of rotatable bonds is 9. The Morgan fingerprint density at radius 3 is 1.57 bits per heavy atom. The molecule has 0 bridgehead atoms. The SMILES string of the molecule is CCCCC(C)(CCCC)S(=O)(=O)c1ccc(S(C)(=O)=O)cc1. The van der Waals surface area contributed by atoms with Gasteiger partial charge in [0.1, 0.15) is 0 Å². The Morgan fingerprint density at radius 2 is 1.22 bits per heavy atom. The van der Waals surface area contributed by atoms with Crippen molar-refractivity contribution >= 4 is 19.7 Å². The first-order valence-corrected chi connectivity index (χ1v) is 11.5. The van der Waals surface area contributed by atoms with Gasteiger partial charge in [0.2, 0.25) is 0 Å². The second kappa shape index (κ2) is 7.79. The Kier molecular flexibility index (Phi) is 6.83. The van der Waals surface area contributed by atoms with Gasteiger partial charge in [-0.3, -0.25) is 0 Å². The number of hydrogen-bond donors (Lipinski definition) is 0. The van der Waals surface area contributed by atoms with Crippen LogP contribution in [0.5, 0.6) is 0 Å². The van der Waals surface area contributed by atoms with Crippen LogP contribution in [-0.4, -0.2) is 27.8 Å². The van der Waals surface area contributed by atoms with E-state index >= 15 is 0 Å². The van der Waals surface area contributed by atoms with Gasteiger partial charge in [0.15, 0.2) is 19.7 Å². The number of hydrogen-bond acceptors (Lipinski definition) is 4. The van der Waals surface area contributed by atoms with Gasteiger partial charge in [-0.25, -0.2) is 16.8 Å². The van der Waals surface area contributed by atoms with Crippen molar-refractivity contribution in [2.45, 2.75) is 73.8 Å². The fraction of sp³-hybridized carbons (Fsp3) is 0.647. The Bertz CT molecular complexity index is 693. The van der Waals surface area contributed by atoms with Crippen LogP contribution in [0.15, 0.2) is 34.1 Å². The molecule has 6 heteroatoms. The molecular formula is C17H28O4S2. The molecular weight excluding hydrogens is 332 g/mol. The molecule has 23 heavy (non-hydrogen) atoms. The van der Waals surface area contributed by atoms with E-state index in [1.165, 1.54) is 24.3 Å². The van der Waals surface area contributed by atoms with Crippen molar-refractivity contribution in [1.82, 2.24) is 0 Å². The molecule has 0 saturated heterocycles. The van der Waals surface area contributed by atoms with Crippen LogP contribution in [0.1, 0.15) is 59.3 Å². The zero-order chi connectivity index (χ0) is 17.7. The molecule has 1 aromatic rings. The second-order valence-electron chi connectivity index (χ2n) is 6.40. The van der Waals surface area contributed by atoms with Gasteiger partial charge < -0.3 is 0 Å². The van der Waals surface area contributed by atoms with Crippen LogP contribution in [-0.2, 0) is 19.7 Å². The summed E-state index contributed by atoms with van der Waals surface area (Å²) in [6.07, 6.45) is 5.98. The highest BCUT2D eigenvalue weighted by Crippen LogP contribution is 2.35. The molecule has 132 valence electrons. The first kappa shape index (κ1) is 20.2. The molecule has 0 spiro atoms. The summed E-state index contributed by atoms with van der Waals surface area (Å²) in [6, 6.07) is 5.59. The molecule has 0 N–H and O–H groups in total. The van der Waals surface area contributed by atoms with E-state index in [0.29, 0.717) is 12.8 Å². The molecule has 0 fully saturated rings. The van der Waals surface area contributed by atoms with Crippen LogP contribution in [0.4, 0.5) is 0 Å². The van der Waals surface area contributed by atoms with E-state index in [1.807, 2.05) is 20.8 Å². The van der Waals surface area contributed by atoms with Gasteiger partial charge in [0.25, 0.3) is 0 Å². The summed E-state index contributed by atoms with van der Waals surface area (Å²) < 4.78 is 48.4. The maximum atomic E-state index is 13.1. The Balaban J connectivity index is 3.23. The molecule has 0 radical (unpaired) electrons. The maximum absolute atomic E-state index is 13.1. The molecule has 0 aliphatic carbocycles. The summed E-state index contributed by atoms with van der Waals surface area (Å²) in [5.74, 6) is 0. The van der Waals surface area contributed by atoms with Crippen LogP contribution in [0.2, 0.25) is 0 Å². The number of unbranched alkanes of at least 4 members (excludes halogenated alkanes) is 2. The van der Waals surface area contributed by atoms with E-state index in [1.54, 1.807) is 0 Å². The Labute approximate surface area is 141 Å². The van der Waals surface area contributed by atoms with Crippen molar-refractivity contribution in [2.75, 3.05) is 6.26 Å². The second-order valence-corrected chi connectivity index (χ2v) is 10.9. The highest BCUT2D eigenvalue weighted by molar-refractivity contribution is 7.93. The average molecular weight is 361 g/mol. The summed E-state index contributed by atoms with van der Waals surface area (Å²) in [4.78, 5) is 0.347. The van der Waals surface area contributed by atoms with Gasteiger partial charge in [-0.05, 0) is 44.0 Å². The van der Waals surface area contributed by atoms with Gasteiger partial charge in [-0.1, -0.05) is 39.5 Å². The normalized spacial score (nSPS) is 13.2. The predicted molar refractivity (Wildman–Crippen MR) is 94.2 cm³/mol. The molecule has 1 rings (SSSR count). The Hall–Kier alpha value is -0.880. The van der Waals surface area contributed by atoms with Gasteiger partial charge in [-0.15, -0.1) is 0 Å². The monoisotopic (exact) mass is 360 g/mol. The summed E-state index contributed by atoms with van der Waals surface area (Å²) >= 11 is 0. The summed E-state index contributed by atoms with van der Waals surface area (Å²) in [7, 11) is -6.83. The van der Waals surface area contributed by atoms with Gasteiger partial charge in [0.05, 0.1) is 14.5 Å². The minimum Gasteiger partial charge on any atom is -0.224 e. The molecule has 0 saturated carbocycles. The topological polar surface area (TPSA) is 68.3 Å². The summed E-state index contributed by atoms with van der Waals surface area (Å²) in [5.41, 5.74) is 0. The third kappa shape index (κ3) is 4.80. The standard InChI is InChI=1S/C17H28O4S2/c1-5-7-13-17(3,14-8-6-2)23(20,21)16-11-9-15(10-12-16)22(4,18)19/h9-12H,5-8,13-14H2,1-4H3. The molecule has 4 nitrogen and oxygen atoms in total. The highest BCUT2D eigenvalue weighted by Gasteiger charge is 2.39. The minimum absolute atomic E-state index is 0.139. The van der Waals surface area contributed by atoms with Crippen molar-refractivity contribution in [3.63, 3.8) is 0 Å². The maximum Gasteiger partial charge on any atom is 0.183 e.